The summed E-state index contributed by atoms with van der Waals surface area (Å²) in [5.74, 6) is -6.41. The lowest BCUT2D eigenvalue weighted by Crippen LogP contribution is -2.18. The molecule has 15 heteroatoms. The third-order valence-corrected chi connectivity index (χ3v) is 8.84. The van der Waals surface area contributed by atoms with Crippen molar-refractivity contribution in [3.8, 4) is 0 Å². The monoisotopic (exact) mass is 1020 g/mol. The molecule has 5 N–H and O–H groups in total. The highest BCUT2D eigenvalue weighted by Gasteiger charge is 2.21. The Hall–Kier alpha value is -7.00. The number of carboxylic acid groups (broad SMARTS) is 4. The van der Waals surface area contributed by atoms with E-state index in [1.54, 1.807) is 26.8 Å². The zero-order valence-corrected chi connectivity index (χ0v) is 39.3. The van der Waals surface area contributed by atoms with E-state index in [2.05, 4.69) is 0 Å². The van der Waals surface area contributed by atoms with Crippen LogP contribution < -0.4 is 0 Å². The molecule has 0 radical (unpaired) electrons. The number of ether oxygens (including phenoxy) is 2. The van der Waals surface area contributed by atoms with Crippen molar-refractivity contribution in [1.29, 1.82) is 0 Å². The van der Waals surface area contributed by atoms with Gasteiger partial charge in [0, 0.05) is 11.1 Å². The molecular formula is C57H92O15. The van der Waals surface area contributed by atoms with E-state index in [0.717, 1.165) is 65.9 Å². The average Bonchev–Trinajstić information content (AvgIpc) is 3.27. The summed E-state index contributed by atoms with van der Waals surface area (Å²) in [6, 6.07) is 21.6. The predicted molar refractivity (Wildman–Crippen MR) is 294 cm³/mol. The fraction of sp³-hybridized carbons (Fsp3) is 0.439. The summed E-state index contributed by atoms with van der Waals surface area (Å²) < 4.78 is 10.2. The highest BCUT2D eigenvalue weighted by molar-refractivity contribution is 6.06. The van der Waals surface area contributed by atoms with Gasteiger partial charge in [-0.1, -0.05) is 129 Å². The third-order valence-electron chi connectivity index (χ3n) is 8.84. The molecule has 3 atom stereocenters. The molecule has 3 unspecified atom stereocenters. The first-order chi connectivity index (χ1) is 30.4. The van der Waals surface area contributed by atoms with Crippen LogP contribution in [0.1, 0.15) is 234 Å². The predicted octanol–water partition coefficient (Wildman–Crippen LogP) is 14.7. The van der Waals surface area contributed by atoms with Crippen LogP contribution in [0.3, 0.4) is 0 Å². The second-order valence-corrected chi connectivity index (χ2v) is 14.0. The van der Waals surface area contributed by atoms with Gasteiger partial charge in [0.05, 0.1) is 51.7 Å². The number of rotatable bonds is 13. The van der Waals surface area contributed by atoms with Crippen molar-refractivity contribution in [2.45, 2.75) is 173 Å². The quantitative estimate of drug-likeness (QED) is 0.0616. The molecule has 410 valence electrons. The molecule has 4 rings (SSSR count). The Morgan fingerprint density at radius 2 is 0.722 bits per heavy atom. The number of hydrogen-bond donors (Lipinski definition) is 5. The number of carboxylic acids is 4. The number of aliphatic hydroxyl groups excluding tert-OH is 1. The first-order valence-electron chi connectivity index (χ1n) is 20.9. The molecule has 0 aliphatic heterocycles. The Morgan fingerprint density at radius 3 is 0.986 bits per heavy atom. The minimum absolute atomic E-state index is 0. The molecule has 72 heavy (non-hydrogen) atoms. The van der Waals surface area contributed by atoms with Gasteiger partial charge in [0.15, 0.2) is 11.6 Å². The van der Waals surface area contributed by atoms with Crippen LogP contribution in [0, 0.1) is 13.8 Å². The molecule has 0 bridgehead atoms. The highest BCUT2D eigenvalue weighted by atomic mass is 16.5. The minimum atomic E-state index is -1.31. The molecule has 0 fully saturated rings. The number of ketones is 2. The highest BCUT2D eigenvalue weighted by Crippen LogP contribution is 2.17. The lowest BCUT2D eigenvalue weighted by molar-refractivity contribution is 0.0321. The standard InChI is InChI=1S/C13H14O6.C12H16O2.C10H8O5.C9H10O.C4H10O.C2H6.7CH4/c1-3-7(2)19-13(18)10-6-8(11(14)15)4-5-9(10)12(16)17;1-4-10(3)14-12(13)11-8-6-5-7-9(11)2;1-5(11)8-4-6(9(12)13)2-3-7(8)10(14)15;1-7-5-3-4-6-9(7)8(2)10;1-3-4(2)5;1-2;;;;;;;/h4-7H,3H2,1-2H3,(H,14,15)(H,16,17);5-8,10H,4H2,1-3H3;2-4H,1H3,(H,12,13)(H,14,15);3-6H,1-2H3;4-5H,3H2,1-2H3;1-2H3;7*1H4. The molecule has 4 aromatic rings. The molecule has 0 amide bonds. The van der Waals surface area contributed by atoms with Gasteiger partial charge in [0.2, 0.25) is 0 Å². The molecule has 0 spiro atoms. The lowest BCUT2D eigenvalue weighted by Gasteiger charge is -2.12. The smallest absolute Gasteiger partial charge is 0.339 e. The van der Waals surface area contributed by atoms with Gasteiger partial charge in [0.1, 0.15) is 0 Å². The van der Waals surface area contributed by atoms with Crippen molar-refractivity contribution in [2.75, 3.05) is 0 Å². The van der Waals surface area contributed by atoms with Crippen LogP contribution in [-0.2, 0) is 9.47 Å². The van der Waals surface area contributed by atoms with Gasteiger partial charge < -0.3 is 35.0 Å². The maximum atomic E-state index is 11.8. The van der Waals surface area contributed by atoms with Crippen LogP contribution in [0.15, 0.2) is 84.9 Å². The van der Waals surface area contributed by atoms with Gasteiger partial charge in [-0.15, -0.1) is 0 Å². The maximum Gasteiger partial charge on any atom is 0.339 e. The Labute approximate surface area is 432 Å². The molecular weight excluding hydrogens is 925 g/mol. The van der Waals surface area contributed by atoms with Crippen LogP contribution in [0.2, 0.25) is 0 Å². The van der Waals surface area contributed by atoms with Crippen LogP contribution in [0.4, 0.5) is 0 Å². The molecule has 4 aromatic carbocycles. The van der Waals surface area contributed by atoms with E-state index in [4.69, 9.17) is 35.0 Å². The van der Waals surface area contributed by atoms with E-state index in [0.29, 0.717) is 12.0 Å². The zero-order valence-electron chi connectivity index (χ0n) is 39.3. The number of carbonyl (C=O) groups excluding carboxylic acids is 4. The summed E-state index contributed by atoms with van der Waals surface area (Å²) in [5.41, 5.74) is 2.40. The second-order valence-electron chi connectivity index (χ2n) is 14.0. The van der Waals surface area contributed by atoms with Crippen LogP contribution in [0.25, 0.3) is 0 Å². The molecule has 0 saturated carbocycles. The summed E-state index contributed by atoms with van der Waals surface area (Å²) in [4.78, 5) is 88.6. The van der Waals surface area contributed by atoms with Gasteiger partial charge in [-0.05, 0) is 121 Å². The number of benzene rings is 4. The van der Waals surface area contributed by atoms with Crippen molar-refractivity contribution in [1.82, 2.24) is 0 Å². The number of esters is 2. The first kappa shape index (κ1) is 84.9. The van der Waals surface area contributed by atoms with E-state index >= 15 is 0 Å². The SMILES string of the molecule is C.C.C.C.C.C.C.CC.CC(=O)c1cc(C(=O)O)ccc1C(=O)O.CC(=O)c1ccccc1C.CCC(C)O.CCC(C)OC(=O)c1cc(C(=O)O)ccc1C(=O)O.CCC(C)OC(=O)c1ccccc1C. The molecule has 0 aromatic heterocycles. The number of carbonyl (C=O) groups is 8. The summed E-state index contributed by atoms with van der Waals surface area (Å²) in [6.07, 6.45) is 1.78. The maximum absolute atomic E-state index is 11.8. The Morgan fingerprint density at radius 1 is 0.431 bits per heavy atom. The van der Waals surface area contributed by atoms with Crippen LogP contribution in [-0.4, -0.2) is 91.2 Å². The fourth-order valence-electron chi connectivity index (χ4n) is 4.62. The van der Waals surface area contributed by atoms with Gasteiger partial charge in [-0.25, -0.2) is 28.8 Å². The Bertz CT molecular complexity index is 2210. The first-order valence-corrected chi connectivity index (χ1v) is 20.9. The number of hydrogen-bond acceptors (Lipinski definition) is 11. The zero-order chi connectivity index (χ0) is 50.6. The van der Waals surface area contributed by atoms with Crippen molar-refractivity contribution in [2.24, 2.45) is 0 Å². The lowest BCUT2D eigenvalue weighted by atomic mass is 10.0. The van der Waals surface area contributed by atoms with Gasteiger partial charge >= 0.3 is 35.8 Å². The number of aliphatic hydroxyl groups is 1. The molecule has 0 heterocycles. The van der Waals surface area contributed by atoms with Crippen molar-refractivity contribution >= 4 is 47.4 Å². The van der Waals surface area contributed by atoms with Crippen molar-refractivity contribution < 1.29 is 73.4 Å². The topological polar surface area (TPSA) is 256 Å². The summed E-state index contributed by atoms with van der Waals surface area (Å²) in [5, 5.41) is 43.6. The van der Waals surface area contributed by atoms with E-state index in [1.165, 1.54) is 6.92 Å². The van der Waals surface area contributed by atoms with Gasteiger partial charge in [0.25, 0.3) is 0 Å². The van der Waals surface area contributed by atoms with Crippen LogP contribution in [0.5, 0.6) is 0 Å². The summed E-state index contributed by atoms with van der Waals surface area (Å²) in [7, 11) is 0. The third kappa shape index (κ3) is 32.0. The van der Waals surface area contributed by atoms with Crippen molar-refractivity contribution in [3.05, 3.63) is 141 Å². The van der Waals surface area contributed by atoms with E-state index in [9.17, 15) is 38.4 Å². The number of aryl methyl sites for hydroxylation is 2. The number of Topliss-reactive ketones (excluding diaryl/α,β-unsaturated/α-hetero) is 2. The Balaban J connectivity index is -0.0000000988. The van der Waals surface area contributed by atoms with Crippen molar-refractivity contribution in [3.63, 3.8) is 0 Å². The van der Waals surface area contributed by atoms with Crippen LogP contribution >= 0.6 is 0 Å². The van der Waals surface area contributed by atoms with Gasteiger partial charge in [-0.2, -0.15) is 0 Å². The molecule has 0 aliphatic rings. The minimum Gasteiger partial charge on any atom is -0.478 e. The largest absolute Gasteiger partial charge is 0.478 e. The molecule has 0 saturated heterocycles. The van der Waals surface area contributed by atoms with Gasteiger partial charge in [-0.3, -0.25) is 9.59 Å². The molecule has 15 nitrogen and oxygen atoms in total. The normalized spacial score (nSPS) is 9.90. The fourth-order valence-corrected chi connectivity index (χ4v) is 4.62. The van der Waals surface area contributed by atoms with E-state index < -0.39 is 35.6 Å². The van der Waals surface area contributed by atoms with E-state index in [1.807, 2.05) is 97.9 Å². The van der Waals surface area contributed by atoms with E-state index in [-0.39, 0.29) is 115 Å². The second kappa shape index (κ2) is 45.2. The number of aromatic carboxylic acids is 4. The average molecular weight is 1020 g/mol. The summed E-state index contributed by atoms with van der Waals surface area (Å²) in [6.45, 7) is 21.7. The Kier molecular flexibility index (Phi) is 53.2. The summed E-state index contributed by atoms with van der Waals surface area (Å²) >= 11 is 0. The molecule has 0 aliphatic carbocycles.